The van der Waals surface area contributed by atoms with Crippen LogP contribution in [0.2, 0.25) is 0 Å². The van der Waals surface area contributed by atoms with Gasteiger partial charge in [-0.1, -0.05) is 98.7 Å². The Morgan fingerprint density at radius 3 is 1.35 bits per heavy atom. The number of allylic oxidation sites excluding steroid dienone is 1. The molecule has 6 nitrogen and oxygen atoms in total. The summed E-state index contributed by atoms with van der Waals surface area (Å²) in [5.41, 5.74) is 8.26. The molecule has 0 radical (unpaired) electrons. The predicted molar refractivity (Wildman–Crippen MR) is 218 cm³/mol. The predicted octanol–water partition coefficient (Wildman–Crippen LogP) is 11.4. The molecule has 0 heterocycles. The molecule has 6 rings (SSSR count). The van der Waals surface area contributed by atoms with Gasteiger partial charge in [-0.25, -0.2) is 0 Å². The lowest BCUT2D eigenvalue weighted by Crippen LogP contribution is -2.11. The van der Waals surface area contributed by atoms with Crippen LogP contribution < -0.4 is 0 Å². The lowest BCUT2D eigenvalue weighted by molar-refractivity contribution is 0.445. The molecule has 0 aromatic heterocycles. The third-order valence-corrected chi connectivity index (χ3v) is 9.53. The normalized spacial score (nSPS) is 13.9. The lowest BCUT2D eigenvalue weighted by atomic mass is 9.85. The zero-order valence-corrected chi connectivity index (χ0v) is 31.7. The van der Waals surface area contributed by atoms with Crippen LogP contribution in [0.15, 0.2) is 99.5 Å². The van der Waals surface area contributed by atoms with Crippen LogP contribution in [-0.2, 0) is 22.7 Å². The number of phenols is 3. The molecule has 0 aliphatic heterocycles. The Kier molecular flexibility index (Phi) is 9.47. The molecule has 0 saturated carbocycles. The number of nitrogens with zero attached hydrogens (tertiary/aromatic N) is 3. The van der Waals surface area contributed by atoms with E-state index < -0.39 is 0 Å². The third kappa shape index (κ3) is 7.57. The number of aliphatic imine (C=N–C) groups is 3. The van der Waals surface area contributed by atoms with E-state index in [1.807, 2.05) is 72.8 Å². The van der Waals surface area contributed by atoms with E-state index in [9.17, 15) is 15.3 Å². The fourth-order valence-electron chi connectivity index (χ4n) is 6.77. The molecule has 1 aliphatic carbocycles. The van der Waals surface area contributed by atoms with E-state index in [1.165, 1.54) is 0 Å². The maximum Gasteiger partial charge on any atom is 0.128 e. The Morgan fingerprint density at radius 2 is 0.923 bits per heavy atom. The van der Waals surface area contributed by atoms with Crippen molar-refractivity contribution >= 4 is 46.9 Å². The van der Waals surface area contributed by atoms with Gasteiger partial charge >= 0.3 is 0 Å². The Bertz CT molecular complexity index is 2300. The Labute approximate surface area is 307 Å². The maximum atomic E-state index is 11.1. The van der Waals surface area contributed by atoms with Gasteiger partial charge in [0.15, 0.2) is 0 Å². The summed E-state index contributed by atoms with van der Waals surface area (Å²) in [7, 11) is 0. The molecule has 0 bridgehead atoms. The standard InChI is InChI=1S/C46H49N3O3/c1-44(2,3)37-16-10-13-28(41(37)50)25-47-34-19-31-21-35(48-26-29-14-11-17-38(42(29)51)45(4,5)6)23-33-24-36(22-32(20-34)40(31)33)49-27-30-15-12-18-39(43(30)52)46(7,8)9/h10-23,25-27,50-52H,24H2,1-9H3. The molecule has 5 aromatic rings. The van der Waals surface area contributed by atoms with Gasteiger partial charge in [0.2, 0.25) is 0 Å². The minimum Gasteiger partial charge on any atom is -0.507 e. The van der Waals surface area contributed by atoms with Crippen molar-refractivity contribution in [2.24, 2.45) is 15.0 Å². The first-order valence-electron chi connectivity index (χ1n) is 17.8. The third-order valence-electron chi connectivity index (χ3n) is 9.53. The molecule has 6 heteroatoms. The molecule has 1 aliphatic rings. The average Bonchev–Trinajstić information content (AvgIpc) is 3.05. The monoisotopic (exact) mass is 691 g/mol. The summed E-state index contributed by atoms with van der Waals surface area (Å²) < 4.78 is 0. The van der Waals surface area contributed by atoms with Crippen molar-refractivity contribution in [2.75, 3.05) is 0 Å². The summed E-state index contributed by atoms with van der Waals surface area (Å²) in [4.78, 5) is 14.6. The van der Waals surface area contributed by atoms with Crippen LogP contribution in [0.3, 0.4) is 0 Å². The van der Waals surface area contributed by atoms with E-state index in [1.54, 1.807) is 18.6 Å². The first kappa shape index (κ1) is 36.3. The highest BCUT2D eigenvalue weighted by molar-refractivity contribution is 6.01. The molecule has 0 saturated heterocycles. The van der Waals surface area contributed by atoms with Gasteiger partial charge in [-0.3, -0.25) is 15.0 Å². The second-order valence-electron chi connectivity index (χ2n) is 16.8. The molecule has 0 spiro atoms. The first-order chi connectivity index (χ1) is 24.4. The summed E-state index contributed by atoms with van der Waals surface area (Å²) in [5, 5.41) is 35.4. The quantitative estimate of drug-likeness (QED) is 0.155. The van der Waals surface area contributed by atoms with E-state index in [4.69, 9.17) is 15.0 Å². The summed E-state index contributed by atoms with van der Waals surface area (Å²) in [5.74, 6) is 0.703. The molecule has 52 heavy (non-hydrogen) atoms. The van der Waals surface area contributed by atoms with Crippen LogP contribution in [-0.4, -0.2) is 34.0 Å². The van der Waals surface area contributed by atoms with Crippen molar-refractivity contribution in [3.63, 3.8) is 0 Å². The summed E-state index contributed by atoms with van der Waals surface area (Å²) >= 11 is 0. The number of aromatic hydroxyl groups is 3. The van der Waals surface area contributed by atoms with E-state index >= 15 is 0 Å². The second-order valence-corrected chi connectivity index (χ2v) is 16.8. The lowest BCUT2D eigenvalue weighted by Gasteiger charge is -2.21. The SMILES string of the molecule is CC(C)(C)c1cccc(C=NC2=Cc3cc(N=Cc4cccc(C(C)(C)C)c4O)cc4cc(N=Cc5cccc(C(C)(C)C)c5O)cc(c34)C2)c1O. The molecular weight excluding hydrogens is 643 g/mol. The van der Waals surface area contributed by atoms with Crippen molar-refractivity contribution in [3.8, 4) is 17.2 Å². The van der Waals surface area contributed by atoms with Gasteiger partial charge < -0.3 is 15.3 Å². The van der Waals surface area contributed by atoms with Crippen molar-refractivity contribution in [3.05, 3.63) is 129 Å². The fourth-order valence-corrected chi connectivity index (χ4v) is 6.77. The number of para-hydroxylation sites is 3. The molecule has 3 N–H and O–H groups in total. The van der Waals surface area contributed by atoms with Crippen molar-refractivity contribution in [1.82, 2.24) is 0 Å². The molecule has 266 valence electrons. The molecule has 0 amide bonds. The molecule has 5 aromatic carbocycles. The van der Waals surface area contributed by atoms with Gasteiger partial charge in [-0.2, -0.15) is 0 Å². The molecule has 0 atom stereocenters. The van der Waals surface area contributed by atoms with E-state index in [-0.39, 0.29) is 33.5 Å². The van der Waals surface area contributed by atoms with Crippen LogP contribution in [0.1, 0.15) is 107 Å². The van der Waals surface area contributed by atoms with Gasteiger partial charge in [-0.05, 0) is 103 Å². The highest BCUT2D eigenvalue weighted by Crippen LogP contribution is 2.40. The van der Waals surface area contributed by atoms with E-state index in [2.05, 4.69) is 74.5 Å². The Morgan fingerprint density at radius 1 is 0.519 bits per heavy atom. The van der Waals surface area contributed by atoms with Crippen LogP contribution >= 0.6 is 0 Å². The van der Waals surface area contributed by atoms with Crippen LogP contribution in [0, 0.1) is 0 Å². The zero-order valence-electron chi connectivity index (χ0n) is 31.7. The Hall–Kier alpha value is -5.49. The van der Waals surface area contributed by atoms with Crippen molar-refractivity contribution < 1.29 is 15.3 Å². The number of rotatable bonds is 6. The maximum absolute atomic E-state index is 11.1. The van der Waals surface area contributed by atoms with Crippen LogP contribution in [0.5, 0.6) is 17.2 Å². The minimum absolute atomic E-state index is 0.212. The highest BCUT2D eigenvalue weighted by Gasteiger charge is 2.22. The van der Waals surface area contributed by atoms with Crippen LogP contribution in [0.25, 0.3) is 16.8 Å². The summed E-state index contributed by atoms with van der Waals surface area (Å²) in [6, 6.07) is 25.5. The van der Waals surface area contributed by atoms with Gasteiger partial charge in [-0.15, -0.1) is 0 Å². The van der Waals surface area contributed by atoms with Gasteiger partial charge in [0.05, 0.1) is 11.4 Å². The zero-order chi connectivity index (χ0) is 37.6. The second kappa shape index (κ2) is 13.6. The molecule has 0 fully saturated rings. The van der Waals surface area contributed by atoms with Gasteiger partial charge in [0.1, 0.15) is 17.2 Å². The number of phenolic OH excluding ortho intramolecular Hbond substituents is 3. The highest BCUT2D eigenvalue weighted by atomic mass is 16.3. The summed E-state index contributed by atoms with van der Waals surface area (Å²) in [6.45, 7) is 18.7. The molecular formula is C46H49N3O3. The largest absolute Gasteiger partial charge is 0.507 e. The van der Waals surface area contributed by atoms with Crippen LogP contribution in [0.4, 0.5) is 11.4 Å². The van der Waals surface area contributed by atoms with Crippen molar-refractivity contribution in [2.45, 2.75) is 85.0 Å². The number of hydrogen-bond acceptors (Lipinski definition) is 6. The number of benzene rings is 5. The smallest absolute Gasteiger partial charge is 0.128 e. The minimum atomic E-state index is -0.216. The average molecular weight is 692 g/mol. The topological polar surface area (TPSA) is 97.8 Å². The van der Waals surface area contributed by atoms with Crippen molar-refractivity contribution in [1.29, 1.82) is 0 Å². The molecule has 0 unspecified atom stereocenters. The Balaban J connectivity index is 1.44. The number of hydrogen-bond donors (Lipinski definition) is 3. The summed E-state index contributed by atoms with van der Waals surface area (Å²) in [6.07, 6.45) is 7.81. The van der Waals surface area contributed by atoms with Gasteiger partial charge in [0, 0.05) is 47.5 Å². The first-order valence-corrected chi connectivity index (χ1v) is 17.8. The fraction of sp³-hybridized carbons (Fsp3) is 0.283. The van der Waals surface area contributed by atoms with E-state index in [0.717, 1.165) is 55.7 Å². The van der Waals surface area contributed by atoms with E-state index in [0.29, 0.717) is 23.1 Å². The van der Waals surface area contributed by atoms with Gasteiger partial charge in [0.25, 0.3) is 0 Å².